The van der Waals surface area contributed by atoms with Crippen LogP contribution in [0, 0.1) is 5.92 Å². The number of hydrogen-bond acceptors (Lipinski definition) is 2. The molecule has 1 rings (SSSR count). The second-order valence-corrected chi connectivity index (χ2v) is 4.71. The first-order valence-corrected chi connectivity index (χ1v) is 5.84. The molecule has 1 aliphatic heterocycles. The quantitative estimate of drug-likeness (QED) is 0.692. The van der Waals surface area contributed by atoms with E-state index in [1.165, 1.54) is 12.8 Å². The molecule has 0 aromatic carbocycles. The second-order valence-electron chi connectivity index (χ2n) is 4.71. The van der Waals surface area contributed by atoms with E-state index in [4.69, 9.17) is 0 Å². The standard InChI is InChI=1S/C12H23NO/c1-5-12(14)11(4)13-7-6-9(2)8-10(13)3/h9-11H,5-8H2,1-4H3. The summed E-state index contributed by atoms with van der Waals surface area (Å²) in [5, 5.41) is 0. The molecule has 0 aromatic heterocycles. The largest absolute Gasteiger partial charge is 0.298 e. The van der Waals surface area contributed by atoms with Gasteiger partial charge in [-0.25, -0.2) is 0 Å². The molecule has 0 bridgehead atoms. The fraction of sp³-hybridized carbons (Fsp3) is 0.917. The highest BCUT2D eigenvalue weighted by atomic mass is 16.1. The molecule has 1 saturated heterocycles. The van der Waals surface area contributed by atoms with Gasteiger partial charge in [0.1, 0.15) is 5.78 Å². The Bertz CT molecular complexity index is 202. The van der Waals surface area contributed by atoms with Crippen molar-refractivity contribution in [3.8, 4) is 0 Å². The summed E-state index contributed by atoms with van der Waals surface area (Å²) in [6.45, 7) is 9.65. The third-order valence-electron chi connectivity index (χ3n) is 3.50. The average molecular weight is 197 g/mol. The van der Waals surface area contributed by atoms with Crippen LogP contribution in [0.3, 0.4) is 0 Å². The maximum Gasteiger partial charge on any atom is 0.149 e. The first-order valence-electron chi connectivity index (χ1n) is 5.84. The van der Waals surface area contributed by atoms with Crippen LogP contribution in [0.15, 0.2) is 0 Å². The SMILES string of the molecule is CCC(=O)C(C)N1CCC(C)CC1C. The molecule has 3 atom stereocenters. The smallest absolute Gasteiger partial charge is 0.149 e. The fourth-order valence-corrected chi connectivity index (χ4v) is 2.48. The number of Topliss-reactive ketones (excluding diaryl/α,β-unsaturated/α-hetero) is 1. The van der Waals surface area contributed by atoms with Gasteiger partial charge in [-0.1, -0.05) is 13.8 Å². The summed E-state index contributed by atoms with van der Waals surface area (Å²) >= 11 is 0. The average Bonchev–Trinajstić information content (AvgIpc) is 2.15. The van der Waals surface area contributed by atoms with Gasteiger partial charge in [0.2, 0.25) is 0 Å². The summed E-state index contributed by atoms with van der Waals surface area (Å²) in [5.74, 6) is 1.21. The molecule has 0 amide bonds. The molecular weight excluding hydrogens is 174 g/mol. The highest BCUT2D eigenvalue weighted by Gasteiger charge is 2.28. The van der Waals surface area contributed by atoms with Gasteiger partial charge in [-0.05, 0) is 39.2 Å². The fourth-order valence-electron chi connectivity index (χ4n) is 2.48. The van der Waals surface area contributed by atoms with Gasteiger partial charge in [-0.3, -0.25) is 9.69 Å². The Kier molecular flexibility index (Phi) is 4.11. The monoisotopic (exact) mass is 197 g/mol. The van der Waals surface area contributed by atoms with E-state index in [1.807, 2.05) is 6.92 Å². The Balaban J connectivity index is 2.55. The van der Waals surface area contributed by atoms with Gasteiger partial charge in [0.15, 0.2) is 0 Å². The third kappa shape index (κ3) is 2.57. The van der Waals surface area contributed by atoms with Crippen molar-refractivity contribution in [1.82, 2.24) is 4.90 Å². The summed E-state index contributed by atoms with van der Waals surface area (Å²) in [6, 6.07) is 0.701. The molecule has 3 unspecified atom stereocenters. The number of carbonyl (C=O) groups is 1. The van der Waals surface area contributed by atoms with Gasteiger partial charge >= 0.3 is 0 Å². The van der Waals surface area contributed by atoms with Crippen molar-refractivity contribution in [2.45, 2.75) is 59.0 Å². The van der Waals surface area contributed by atoms with E-state index >= 15 is 0 Å². The highest BCUT2D eigenvalue weighted by Crippen LogP contribution is 2.24. The molecule has 0 aromatic rings. The molecule has 0 saturated carbocycles. The molecule has 2 nitrogen and oxygen atoms in total. The van der Waals surface area contributed by atoms with Crippen LogP contribution in [0.4, 0.5) is 0 Å². The van der Waals surface area contributed by atoms with Crippen molar-refractivity contribution >= 4 is 5.78 Å². The van der Waals surface area contributed by atoms with Crippen LogP contribution >= 0.6 is 0 Å². The molecule has 1 heterocycles. The van der Waals surface area contributed by atoms with Crippen molar-refractivity contribution in [3.05, 3.63) is 0 Å². The molecule has 14 heavy (non-hydrogen) atoms. The molecule has 82 valence electrons. The maximum atomic E-state index is 11.6. The van der Waals surface area contributed by atoms with Crippen LogP contribution in [-0.4, -0.2) is 29.3 Å². The molecule has 0 spiro atoms. The van der Waals surface area contributed by atoms with Crippen LogP contribution in [0.25, 0.3) is 0 Å². The maximum absolute atomic E-state index is 11.6. The van der Waals surface area contributed by atoms with Gasteiger partial charge in [0.05, 0.1) is 6.04 Å². The Morgan fingerprint density at radius 2 is 2.14 bits per heavy atom. The number of likely N-dealkylation sites (tertiary alicyclic amines) is 1. The van der Waals surface area contributed by atoms with Crippen molar-refractivity contribution in [3.63, 3.8) is 0 Å². The van der Waals surface area contributed by atoms with E-state index < -0.39 is 0 Å². The number of rotatable bonds is 3. The van der Waals surface area contributed by atoms with Gasteiger partial charge in [0, 0.05) is 12.5 Å². The first kappa shape index (κ1) is 11.7. The summed E-state index contributed by atoms with van der Waals surface area (Å²) in [4.78, 5) is 14.0. The zero-order valence-corrected chi connectivity index (χ0v) is 9.92. The van der Waals surface area contributed by atoms with Crippen LogP contribution < -0.4 is 0 Å². The molecule has 0 radical (unpaired) electrons. The molecule has 1 aliphatic rings. The lowest BCUT2D eigenvalue weighted by molar-refractivity contribution is -0.125. The Hall–Kier alpha value is -0.370. The summed E-state index contributed by atoms with van der Waals surface area (Å²) in [6.07, 6.45) is 3.15. The number of nitrogens with zero attached hydrogens (tertiary/aromatic N) is 1. The van der Waals surface area contributed by atoms with E-state index in [1.54, 1.807) is 0 Å². The molecule has 1 fully saturated rings. The van der Waals surface area contributed by atoms with E-state index in [9.17, 15) is 4.79 Å². The first-order chi connectivity index (χ1) is 6.56. The normalized spacial score (nSPS) is 31.4. The van der Waals surface area contributed by atoms with Crippen molar-refractivity contribution in [1.29, 1.82) is 0 Å². The molecule has 0 N–H and O–H groups in total. The minimum atomic E-state index is 0.127. The van der Waals surface area contributed by atoms with E-state index in [0.29, 0.717) is 18.2 Å². The minimum Gasteiger partial charge on any atom is -0.298 e. The highest BCUT2D eigenvalue weighted by molar-refractivity contribution is 5.83. The van der Waals surface area contributed by atoms with Crippen LogP contribution in [0.5, 0.6) is 0 Å². The Morgan fingerprint density at radius 1 is 1.50 bits per heavy atom. The molecule has 2 heteroatoms. The number of ketones is 1. The van der Waals surface area contributed by atoms with Gasteiger partial charge in [-0.15, -0.1) is 0 Å². The lowest BCUT2D eigenvalue weighted by Gasteiger charge is -2.39. The zero-order chi connectivity index (χ0) is 10.7. The number of piperidine rings is 1. The third-order valence-corrected chi connectivity index (χ3v) is 3.50. The van der Waals surface area contributed by atoms with E-state index in [2.05, 4.69) is 25.7 Å². The Morgan fingerprint density at radius 3 is 2.64 bits per heavy atom. The predicted octanol–water partition coefficient (Wildman–Crippen LogP) is 2.47. The second kappa shape index (κ2) is 4.92. The lowest BCUT2D eigenvalue weighted by atomic mass is 9.91. The van der Waals surface area contributed by atoms with E-state index in [-0.39, 0.29) is 6.04 Å². The summed E-state index contributed by atoms with van der Waals surface area (Å²) in [5.41, 5.74) is 0. The lowest BCUT2D eigenvalue weighted by Crippen LogP contribution is -2.48. The van der Waals surface area contributed by atoms with Crippen LogP contribution in [0.2, 0.25) is 0 Å². The topological polar surface area (TPSA) is 20.3 Å². The molecular formula is C12H23NO. The Labute approximate surface area is 87.7 Å². The molecule has 0 aliphatic carbocycles. The minimum absolute atomic E-state index is 0.127. The number of hydrogen-bond donors (Lipinski definition) is 0. The summed E-state index contributed by atoms with van der Waals surface area (Å²) in [7, 11) is 0. The van der Waals surface area contributed by atoms with Crippen LogP contribution in [0.1, 0.15) is 47.0 Å². The van der Waals surface area contributed by atoms with Gasteiger partial charge < -0.3 is 0 Å². The van der Waals surface area contributed by atoms with Crippen LogP contribution in [-0.2, 0) is 4.79 Å². The van der Waals surface area contributed by atoms with Crippen molar-refractivity contribution in [2.75, 3.05) is 6.54 Å². The van der Waals surface area contributed by atoms with E-state index in [0.717, 1.165) is 12.5 Å². The van der Waals surface area contributed by atoms with Crippen molar-refractivity contribution in [2.24, 2.45) is 5.92 Å². The zero-order valence-electron chi connectivity index (χ0n) is 9.92. The van der Waals surface area contributed by atoms with Gasteiger partial charge in [-0.2, -0.15) is 0 Å². The number of carbonyl (C=O) groups excluding carboxylic acids is 1. The van der Waals surface area contributed by atoms with Gasteiger partial charge in [0.25, 0.3) is 0 Å². The van der Waals surface area contributed by atoms with Crippen molar-refractivity contribution < 1.29 is 4.79 Å². The predicted molar refractivity (Wildman–Crippen MR) is 59.3 cm³/mol. The summed E-state index contributed by atoms with van der Waals surface area (Å²) < 4.78 is 0.